The molecule has 2 aliphatic carbocycles. The molecule has 2 aliphatic rings. The molecule has 0 aliphatic heterocycles. The normalized spacial score (nSPS) is 14.2. The molecule has 0 N–H and O–H groups in total. The molecule has 0 saturated heterocycles. The van der Waals surface area contributed by atoms with E-state index in [9.17, 15) is 0 Å². The zero-order valence-electron chi connectivity index (χ0n) is 36.7. The summed E-state index contributed by atoms with van der Waals surface area (Å²) in [6.07, 6.45) is 8.34. The summed E-state index contributed by atoms with van der Waals surface area (Å²) in [5, 5.41) is 5.34. The van der Waals surface area contributed by atoms with Crippen molar-refractivity contribution in [3.63, 3.8) is 0 Å². The molecule has 0 saturated carbocycles. The third-order valence-corrected chi connectivity index (χ3v) is 20.5. The van der Waals surface area contributed by atoms with E-state index in [0.29, 0.717) is 3.63 Å². The maximum Gasteiger partial charge on any atom is -0.147 e. The molecule has 0 fully saturated rings. The second kappa shape index (κ2) is 15.9. The molecule has 58 heavy (non-hydrogen) atoms. The third kappa shape index (κ3) is 7.86. The number of hydrogen-bond acceptors (Lipinski definition) is 0. The average molecular weight is 885 g/mol. The van der Waals surface area contributed by atoms with Gasteiger partial charge in [-0.3, -0.25) is 0 Å². The van der Waals surface area contributed by atoms with Crippen LogP contribution < -0.4 is 0 Å². The molecule has 0 aromatic heterocycles. The van der Waals surface area contributed by atoms with Crippen molar-refractivity contribution >= 4 is 49.6 Å². The quantitative estimate of drug-likeness (QED) is 0.165. The Bertz CT molecular complexity index is 2470. The van der Waals surface area contributed by atoms with Gasteiger partial charge in [-0.25, -0.2) is 0 Å². The maximum atomic E-state index is 2.71. The minimum absolute atomic E-state index is 0. The van der Waals surface area contributed by atoms with Crippen LogP contribution in [0.15, 0.2) is 131 Å². The van der Waals surface area contributed by atoms with Gasteiger partial charge in [0, 0.05) is 0 Å². The minimum atomic E-state index is -3.07. The predicted molar refractivity (Wildman–Crippen MR) is 256 cm³/mol. The van der Waals surface area contributed by atoms with Gasteiger partial charge in [-0.05, 0) is 0 Å². The van der Waals surface area contributed by atoms with E-state index in [-0.39, 0.29) is 46.5 Å². The fraction of sp³-hybridized carbons (Fsp3) is 0.327. The van der Waals surface area contributed by atoms with Crippen molar-refractivity contribution in [3.05, 3.63) is 175 Å². The van der Waals surface area contributed by atoms with Gasteiger partial charge in [-0.15, -0.1) is 24.8 Å². The molecule has 300 valence electrons. The van der Waals surface area contributed by atoms with Crippen molar-refractivity contribution in [2.45, 2.75) is 115 Å². The van der Waals surface area contributed by atoms with E-state index >= 15 is 0 Å². The van der Waals surface area contributed by atoms with Crippen LogP contribution in [-0.2, 0) is 42.9 Å². The van der Waals surface area contributed by atoms with Crippen molar-refractivity contribution < 1.29 is 21.3 Å². The van der Waals surface area contributed by atoms with Crippen LogP contribution in [0.3, 0.4) is 0 Å². The number of halogens is 2. The van der Waals surface area contributed by atoms with E-state index < -0.39 is 21.3 Å². The van der Waals surface area contributed by atoms with Gasteiger partial charge in [0.15, 0.2) is 0 Å². The second-order valence-electron chi connectivity index (χ2n) is 20.6. The SMILES string of the molecule is CC(C)(C)c1cc2c(cc1C(C)(C)C)[CH]([Zr]([C]1=CC=CC1)=[C](c1cccc3ccccc13)c1cccc3ccccc13)c1cc(C(C)(C)C)c(C(C)(C)C)cc1-2.Cl.Cl. The van der Waals surface area contributed by atoms with Crippen LogP contribution in [0.4, 0.5) is 0 Å². The molecule has 0 amide bonds. The Balaban J connectivity index is 0.00000283. The Morgan fingerprint density at radius 3 is 1.24 bits per heavy atom. The van der Waals surface area contributed by atoms with E-state index in [4.69, 9.17) is 0 Å². The predicted octanol–water partition coefficient (Wildman–Crippen LogP) is 15.8. The van der Waals surface area contributed by atoms with Crippen molar-refractivity contribution in [1.82, 2.24) is 0 Å². The first-order chi connectivity index (χ1) is 26.3. The van der Waals surface area contributed by atoms with E-state index in [1.807, 2.05) is 0 Å². The largest absolute Gasteiger partial charge is 0.147 e. The van der Waals surface area contributed by atoms with Gasteiger partial charge in [-0.1, -0.05) is 0 Å². The molecule has 0 heterocycles. The smallest absolute Gasteiger partial charge is 0.147 e. The first-order valence-corrected chi connectivity index (χ1v) is 24.7. The molecule has 8 rings (SSSR count). The molecule has 6 aromatic carbocycles. The monoisotopic (exact) mass is 882 g/mol. The fourth-order valence-corrected chi connectivity index (χ4v) is 18.7. The summed E-state index contributed by atoms with van der Waals surface area (Å²) >= 11 is -3.07. The van der Waals surface area contributed by atoms with Gasteiger partial charge in [-0.2, -0.15) is 0 Å². The van der Waals surface area contributed by atoms with E-state index in [0.717, 1.165) is 6.42 Å². The molecule has 3 heteroatoms. The maximum absolute atomic E-state index is 3.07. The van der Waals surface area contributed by atoms with Crippen LogP contribution in [0.5, 0.6) is 0 Å². The first kappa shape index (κ1) is 44.2. The average Bonchev–Trinajstić information content (AvgIpc) is 3.78. The Morgan fingerprint density at radius 2 is 0.862 bits per heavy atom. The molecule has 0 bridgehead atoms. The summed E-state index contributed by atoms with van der Waals surface area (Å²) in [5.41, 5.74) is 14.8. The summed E-state index contributed by atoms with van der Waals surface area (Å²) in [4.78, 5) is 0. The van der Waals surface area contributed by atoms with Crippen LogP contribution in [0.1, 0.15) is 138 Å². The molecule has 0 nitrogen and oxygen atoms in total. The van der Waals surface area contributed by atoms with E-state index in [1.165, 1.54) is 66.1 Å². The summed E-state index contributed by atoms with van der Waals surface area (Å²) in [6, 6.07) is 43.0. The van der Waals surface area contributed by atoms with Gasteiger partial charge in [0.05, 0.1) is 0 Å². The van der Waals surface area contributed by atoms with Gasteiger partial charge in [0.25, 0.3) is 0 Å². The van der Waals surface area contributed by atoms with Crippen molar-refractivity contribution in [2.24, 2.45) is 0 Å². The topological polar surface area (TPSA) is 0 Å². The molecule has 6 aromatic rings. The Kier molecular flexibility index (Phi) is 12.1. The number of hydrogen-bond donors (Lipinski definition) is 0. The Morgan fingerprint density at radius 1 is 0.483 bits per heavy atom. The molecular formula is C55H62Cl2Zr. The van der Waals surface area contributed by atoms with Crippen LogP contribution in [0.2, 0.25) is 0 Å². The standard InChI is InChI=1S/C29H41.C21H14.C5H5.2ClH.Zr/c1-26(2,3)22-14-18-13-19-15-23(27(4,5)6)25(29(10,11)12)17-21(19)20(18)16-24(22)28(7,8)9;1-3-13-20-16(7-1)9-5-11-18(20)15-19-12-6-10-17-8-2-4-14-21(17)19;1-2-4-5-3-1;;;/h13-17H,1-12H3;1-14H;1-3H,4H2;2*1H;. The van der Waals surface area contributed by atoms with Crippen molar-refractivity contribution in [3.8, 4) is 11.1 Å². The number of benzene rings is 6. The van der Waals surface area contributed by atoms with Crippen LogP contribution >= 0.6 is 24.8 Å². The number of rotatable bonds is 4. The fourth-order valence-electron chi connectivity index (χ4n) is 9.60. The summed E-state index contributed by atoms with van der Waals surface area (Å²) in [7, 11) is 0. The molecular weight excluding hydrogens is 823 g/mol. The van der Waals surface area contributed by atoms with Crippen LogP contribution in [-0.4, -0.2) is 3.21 Å². The molecule has 0 spiro atoms. The van der Waals surface area contributed by atoms with Crippen LogP contribution in [0.25, 0.3) is 32.7 Å². The van der Waals surface area contributed by atoms with Crippen molar-refractivity contribution in [1.29, 1.82) is 0 Å². The van der Waals surface area contributed by atoms with E-state index in [1.54, 1.807) is 17.6 Å². The second-order valence-corrected chi connectivity index (χ2v) is 26.8. The third-order valence-electron chi connectivity index (χ3n) is 12.3. The minimum Gasteiger partial charge on any atom is -0.147 e. The summed E-state index contributed by atoms with van der Waals surface area (Å²) < 4.78 is 3.61. The van der Waals surface area contributed by atoms with Gasteiger partial charge < -0.3 is 0 Å². The van der Waals surface area contributed by atoms with Gasteiger partial charge >= 0.3 is 347 Å². The number of allylic oxidation sites excluding steroid dienone is 4. The summed E-state index contributed by atoms with van der Waals surface area (Å²) in [5.74, 6) is 0. The summed E-state index contributed by atoms with van der Waals surface area (Å²) in [6.45, 7) is 29.0. The molecule has 0 atom stereocenters. The first-order valence-electron chi connectivity index (χ1n) is 20.8. The van der Waals surface area contributed by atoms with Gasteiger partial charge in [0.1, 0.15) is 0 Å². The van der Waals surface area contributed by atoms with E-state index in [2.05, 4.69) is 211 Å². The Labute approximate surface area is 369 Å². The zero-order valence-corrected chi connectivity index (χ0v) is 40.8. The zero-order chi connectivity index (χ0) is 39.9. The van der Waals surface area contributed by atoms with Crippen LogP contribution in [0, 0.1) is 0 Å². The Hall–Kier alpha value is -3.35. The van der Waals surface area contributed by atoms with Crippen molar-refractivity contribution in [2.75, 3.05) is 0 Å². The molecule has 0 unspecified atom stereocenters. The van der Waals surface area contributed by atoms with Gasteiger partial charge in [0.2, 0.25) is 0 Å². The molecule has 0 radical (unpaired) electrons. The number of fused-ring (bicyclic) bond motifs is 5.